The van der Waals surface area contributed by atoms with Gasteiger partial charge >= 0.3 is 0 Å². The molecular formula is C24H28FN5O3. The Balaban J connectivity index is 1.36. The van der Waals surface area contributed by atoms with Gasteiger partial charge in [-0.3, -0.25) is 14.7 Å². The minimum Gasteiger partial charge on any atom is -0.379 e. The summed E-state index contributed by atoms with van der Waals surface area (Å²) in [7, 11) is 0. The fourth-order valence-corrected chi connectivity index (χ4v) is 3.77. The van der Waals surface area contributed by atoms with Gasteiger partial charge in [-0.1, -0.05) is 17.3 Å². The number of morpholine rings is 1. The van der Waals surface area contributed by atoms with Crippen LogP contribution in [0.2, 0.25) is 0 Å². The maximum Gasteiger partial charge on any atom is 0.228 e. The van der Waals surface area contributed by atoms with Crippen molar-refractivity contribution in [3.05, 3.63) is 66.1 Å². The molecule has 33 heavy (non-hydrogen) atoms. The maximum atomic E-state index is 13.2. The third-order valence-corrected chi connectivity index (χ3v) is 5.63. The first-order valence-electron chi connectivity index (χ1n) is 11.2. The van der Waals surface area contributed by atoms with Crippen LogP contribution in [-0.2, 0) is 22.4 Å². The van der Waals surface area contributed by atoms with E-state index in [1.54, 1.807) is 24.5 Å². The van der Waals surface area contributed by atoms with E-state index in [9.17, 15) is 9.18 Å². The minimum atomic E-state index is -0.310. The molecule has 1 amide bonds. The molecule has 174 valence electrons. The number of halogens is 1. The zero-order valence-corrected chi connectivity index (χ0v) is 18.5. The SMILES string of the molecule is O=C(Cc1ccc(F)cc1)N(CCCN1CCOCC1)CCc1nc(-c2ccncc2)no1. The van der Waals surface area contributed by atoms with Crippen molar-refractivity contribution in [1.82, 2.24) is 24.9 Å². The molecule has 0 bridgehead atoms. The summed E-state index contributed by atoms with van der Waals surface area (Å²) in [5.74, 6) is 0.672. The van der Waals surface area contributed by atoms with Gasteiger partial charge in [0.15, 0.2) is 0 Å². The molecule has 2 aromatic heterocycles. The molecule has 3 aromatic rings. The van der Waals surface area contributed by atoms with Gasteiger partial charge in [0.25, 0.3) is 0 Å². The van der Waals surface area contributed by atoms with Crippen molar-refractivity contribution in [1.29, 1.82) is 0 Å². The van der Waals surface area contributed by atoms with E-state index < -0.39 is 0 Å². The summed E-state index contributed by atoms with van der Waals surface area (Å²) in [6, 6.07) is 9.70. The largest absolute Gasteiger partial charge is 0.379 e. The molecule has 0 N–H and O–H groups in total. The summed E-state index contributed by atoms with van der Waals surface area (Å²) in [4.78, 5) is 25.7. The lowest BCUT2D eigenvalue weighted by atomic mass is 10.1. The van der Waals surface area contributed by atoms with E-state index in [-0.39, 0.29) is 18.1 Å². The van der Waals surface area contributed by atoms with Gasteiger partial charge in [-0.2, -0.15) is 4.98 Å². The van der Waals surface area contributed by atoms with Crippen LogP contribution in [-0.4, -0.2) is 76.8 Å². The maximum absolute atomic E-state index is 13.2. The molecule has 1 aliphatic rings. The number of ether oxygens (including phenoxy) is 1. The Morgan fingerprint density at radius 1 is 1.06 bits per heavy atom. The van der Waals surface area contributed by atoms with Crippen molar-refractivity contribution < 1.29 is 18.4 Å². The molecule has 9 heteroatoms. The normalized spacial score (nSPS) is 14.3. The minimum absolute atomic E-state index is 0.00235. The molecule has 0 spiro atoms. The molecule has 4 rings (SSSR count). The molecule has 3 heterocycles. The summed E-state index contributed by atoms with van der Waals surface area (Å²) >= 11 is 0. The van der Waals surface area contributed by atoms with Crippen LogP contribution in [0.1, 0.15) is 17.9 Å². The fourth-order valence-electron chi connectivity index (χ4n) is 3.77. The van der Waals surface area contributed by atoms with E-state index in [1.165, 1.54) is 12.1 Å². The topological polar surface area (TPSA) is 84.6 Å². The zero-order chi connectivity index (χ0) is 22.9. The summed E-state index contributed by atoms with van der Waals surface area (Å²) in [5.41, 5.74) is 1.62. The molecule has 8 nitrogen and oxygen atoms in total. The van der Waals surface area contributed by atoms with E-state index in [0.29, 0.717) is 31.2 Å². The van der Waals surface area contributed by atoms with E-state index in [0.717, 1.165) is 50.4 Å². The Morgan fingerprint density at radius 3 is 2.58 bits per heavy atom. The lowest BCUT2D eigenvalue weighted by Gasteiger charge is -2.28. The molecular weight excluding hydrogens is 425 g/mol. The first-order chi connectivity index (χ1) is 16.2. The average Bonchev–Trinajstić information content (AvgIpc) is 3.33. The monoisotopic (exact) mass is 453 g/mol. The van der Waals surface area contributed by atoms with Gasteiger partial charge in [0, 0.05) is 57.1 Å². The van der Waals surface area contributed by atoms with Gasteiger partial charge in [-0.05, 0) is 36.2 Å². The van der Waals surface area contributed by atoms with Crippen molar-refractivity contribution in [3.63, 3.8) is 0 Å². The Labute approximate surface area is 192 Å². The second-order valence-electron chi connectivity index (χ2n) is 7.99. The van der Waals surface area contributed by atoms with Crippen LogP contribution < -0.4 is 0 Å². The van der Waals surface area contributed by atoms with Crippen LogP contribution in [0.25, 0.3) is 11.4 Å². The number of nitrogens with zero attached hydrogens (tertiary/aromatic N) is 5. The lowest BCUT2D eigenvalue weighted by molar-refractivity contribution is -0.130. The Bertz CT molecular complexity index is 1010. The van der Waals surface area contributed by atoms with E-state index in [2.05, 4.69) is 20.0 Å². The molecule has 0 atom stereocenters. The number of amides is 1. The highest BCUT2D eigenvalue weighted by molar-refractivity contribution is 5.78. The van der Waals surface area contributed by atoms with Crippen molar-refractivity contribution >= 4 is 5.91 Å². The van der Waals surface area contributed by atoms with Crippen LogP contribution in [0.3, 0.4) is 0 Å². The van der Waals surface area contributed by atoms with Crippen LogP contribution in [0.15, 0.2) is 53.3 Å². The van der Waals surface area contributed by atoms with Gasteiger partial charge < -0.3 is 14.2 Å². The number of rotatable bonds is 10. The highest BCUT2D eigenvalue weighted by atomic mass is 19.1. The molecule has 1 aromatic carbocycles. The molecule has 0 saturated carbocycles. The second-order valence-corrected chi connectivity index (χ2v) is 7.99. The molecule has 1 aliphatic heterocycles. The number of pyridine rings is 1. The highest BCUT2D eigenvalue weighted by Gasteiger charge is 2.18. The van der Waals surface area contributed by atoms with Crippen molar-refractivity contribution in [2.45, 2.75) is 19.3 Å². The number of benzene rings is 1. The van der Waals surface area contributed by atoms with Crippen molar-refractivity contribution in [2.24, 2.45) is 0 Å². The summed E-state index contributed by atoms with van der Waals surface area (Å²) in [6.07, 6.45) is 4.90. The Kier molecular flexibility index (Phi) is 8.10. The van der Waals surface area contributed by atoms with Gasteiger partial charge in [-0.15, -0.1) is 0 Å². The number of carbonyl (C=O) groups is 1. The summed E-state index contributed by atoms with van der Waals surface area (Å²) in [5, 5.41) is 4.04. The van der Waals surface area contributed by atoms with Gasteiger partial charge in [0.1, 0.15) is 5.82 Å². The Hall–Kier alpha value is -3.17. The molecule has 0 aliphatic carbocycles. The highest BCUT2D eigenvalue weighted by Crippen LogP contribution is 2.15. The van der Waals surface area contributed by atoms with Gasteiger partial charge in [0.2, 0.25) is 17.6 Å². The number of hydrogen-bond donors (Lipinski definition) is 0. The molecule has 0 radical (unpaired) electrons. The molecule has 1 saturated heterocycles. The smallest absolute Gasteiger partial charge is 0.228 e. The van der Waals surface area contributed by atoms with Crippen LogP contribution >= 0.6 is 0 Å². The van der Waals surface area contributed by atoms with Crippen LogP contribution in [0.4, 0.5) is 4.39 Å². The number of aromatic nitrogens is 3. The quantitative estimate of drug-likeness (QED) is 0.467. The zero-order valence-electron chi connectivity index (χ0n) is 18.5. The van der Waals surface area contributed by atoms with Gasteiger partial charge in [-0.25, -0.2) is 4.39 Å². The van der Waals surface area contributed by atoms with E-state index in [1.807, 2.05) is 17.0 Å². The van der Waals surface area contributed by atoms with Gasteiger partial charge in [0.05, 0.1) is 19.6 Å². The van der Waals surface area contributed by atoms with Crippen LogP contribution in [0.5, 0.6) is 0 Å². The van der Waals surface area contributed by atoms with E-state index in [4.69, 9.17) is 9.26 Å². The summed E-state index contributed by atoms with van der Waals surface area (Å²) < 4.78 is 24.0. The first-order valence-corrected chi connectivity index (χ1v) is 11.2. The lowest BCUT2D eigenvalue weighted by Crippen LogP contribution is -2.40. The Morgan fingerprint density at radius 2 is 1.82 bits per heavy atom. The number of carbonyl (C=O) groups excluding carboxylic acids is 1. The van der Waals surface area contributed by atoms with E-state index >= 15 is 0 Å². The standard InChI is InChI=1S/C24H28FN5O3/c25-21-4-2-19(3-5-21)18-23(31)30(12-1-11-29-14-16-32-17-15-29)13-8-22-27-24(28-33-22)20-6-9-26-10-7-20/h2-7,9-10H,1,8,11-18H2. The predicted molar refractivity (Wildman–Crippen MR) is 120 cm³/mol. The molecule has 1 fully saturated rings. The predicted octanol–water partition coefficient (Wildman–Crippen LogP) is 2.61. The van der Waals surface area contributed by atoms with Crippen LogP contribution in [0, 0.1) is 5.82 Å². The van der Waals surface area contributed by atoms with Crippen molar-refractivity contribution in [3.8, 4) is 11.4 Å². The third kappa shape index (κ3) is 6.90. The third-order valence-electron chi connectivity index (χ3n) is 5.63. The molecule has 0 unspecified atom stereocenters. The summed E-state index contributed by atoms with van der Waals surface area (Å²) in [6.45, 7) is 5.36. The second kappa shape index (κ2) is 11.6. The number of hydrogen-bond acceptors (Lipinski definition) is 7. The average molecular weight is 454 g/mol. The van der Waals surface area contributed by atoms with Crippen molar-refractivity contribution in [2.75, 3.05) is 45.9 Å². The first kappa shape index (κ1) is 23.0. The fraction of sp³-hybridized carbons (Fsp3) is 0.417.